The Labute approximate surface area is 100 Å². The molecule has 0 saturated carbocycles. The highest BCUT2D eigenvalue weighted by Gasteiger charge is 2.18. The number of ether oxygens (including phenoxy) is 1. The largest absolute Gasteiger partial charge is 0.494 e. The molecular formula is C13H16O4. The number of hydrogen-bond acceptors (Lipinski definition) is 3. The smallest absolute Gasteiger partial charge is 0.304 e. The predicted octanol–water partition coefficient (Wildman–Crippen LogP) is 2.38. The maximum absolute atomic E-state index is 11.9. The van der Waals surface area contributed by atoms with Gasteiger partial charge in [0.2, 0.25) is 0 Å². The Morgan fingerprint density at radius 3 is 2.71 bits per heavy atom. The minimum atomic E-state index is -0.966. The third kappa shape index (κ3) is 3.90. The summed E-state index contributed by atoms with van der Waals surface area (Å²) >= 11 is 0. The molecule has 0 saturated heterocycles. The van der Waals surface area contributed by atoms with Crippen molar-refractivity contribution in [2.45, 2.75) is 20.3 Å². The van der Waals surface area contributed by atoms with Crippen LogP contribution in [-0.2, 0) is 4.79 Å². The van der Waals surface area contributed by atoms with Crippen molar-refractivity contribution in [3.8, 4) is 5.75 Å². The van der Waals surface area contributed by atoms with Gasteiger partial charge in [-0.15, -0.1) is 0 Å². The van der Waals surface area contributed by atoms with Crippen molar-refractivity contribution in [1.29, 1.82) is 0 Å². The topological polar surface area (TPSA) is 63.6 Å². The van der Waals surface area contributed by atoms with Crippen LogP contribution in [0, 0.1) is 5.92 Å². The fourth-order valence-electron chi connectivity index (χ4n) is 1.54. The molecule has 1 N–H and O–H groups in total. The van der Waals surface area contributed by atoms with Gasteiger partial charge in [0, 0.05) is 11.5 Å². The Kier molecular flexibility index (Phi) is 4.69. The minimum Gasteiger partial charge on any atom is -0.494 e. The molecule has 1 atom stereocenters. The van der Waals surface area contributed by atoms with Crippen LogP contribution in [-0.4, -0.2) is 23.5 Å². The third-order valence-corrected chi connectivity index (χ3v) is 2.36. The summed E-state index contributed by atoms with van der Waals surface area (Å²) in [7, 11) is 0. The number of Topliss-reactive ketones (excluding diaryl/α,β-unsaturated/α-hetero) is 1. The summed E-state index contributed by atoms with van der Waals surface area (Å²) in [5, 5.41) is 8.64. The van der Waals surface area contributed by atoms with Crippen molar-refractivity contribution in [2.24, 2.45) is 5.92 Å². The van der Waals surface area contributed by atoms with Crippen LogP contribution in [0.25, 0.3) is 0 Å². The van der Waals surface area contributed by atoms with Gasteiger partial charge in [-0.1, -0.05) is 19.1 Å². The first-order valence-corrected chi connectivity index (χ1v) is 5.53. The van der Waals surface area contributed by atoms with Crippen molar-refractivity contribution in [3.63, 3.8) is 0 Å². The highest BCUT2D eigenvalue weighted by Crippen LogP contribution is 2.17. The second-order valence-electron chi connectivity index (χ2n) is 3.82. The van der Waals surface area contributed by atoms with Crippen LogP contribution in [0.4, 0.5) is 0 Å². The number of ketones is 1. The quantitative estimate of drug-likeness (QED) is 0.770. The second-order valence-corrected chi connectivity index (χ2v) is 3.82. The van der Waals surface area contributed by atoms with Crippen molar-refractivity contribution < 1.29 is 19.4 Å². The van der Waals surface area contributed by atoms with Gasteiger partial charge in [-0.05, 0) is 19.1 Å². The molecule has 1 unspecified atom stereocenters. The second kappa shape index (κ2) is 6.03. The summed E-state index contributed by atoms with van der Waals surface area (Å²) < 4.78 is 5.29. The number of carboxylic acid groups (broad SMARTS) is 1. The third-order valence-electron chi connectivity index (χ3n) is 2.36. The van der Waals surface area contributed by atoms with Gasteiger partial charge in [-0.2, -0.15) is 0 Å². The summed E-state index contributed by atoms with van der Waals surface area (Å²) in [6, 6.07) is 6.81. The molecule has 1 aromatic carbocycles. The van der Waals surface area contributed by atoms with Crippen molar-refractivity contribution in [1.82, 2.24) is 0 Å². The number of rotatable bonds is 6. The molecule has 0 amide bonds. The van der Waals surface area contributed by atoms with Gasteiger partial charge in [0.1, 0.15) is 5.75 Å². The van der Waals surface area contributed by atoms with Crippen LogP contribution in [0.1, 0.15) is 30.6 Å². The van der Waals surface area contributed by atoms with E-state index in [1.54, 1.807) is 31.2 Å². The van der Waals surface area contributed by atoms with Crippen molar-refractivity contribution >= 4 is 11.8 Å². The fraction of sp³-hybridized carbons (Fsp3) is 0.385. The lowest BCUT2D eigenvalue weighted by Crippen LogP contribution is -2.15. The standard InChI is InChI=1S/C13H16O4/c1-3-17-11-6-4-5-10(8-11)13(16)9(2)7-12(14)15/h4-6,8-9H,3,7H2,1-2H3,(H,14,15). The van der Waals surface area contributed by atoms with Crippen LogP contribution in [0.3, 0.4) is 0 Å². The first-order valence-electron chi connectivity index (χ1n) is 5.53. The number of carbonyl (C=O) groups excluding carboxylic acids is 1. The SMILES string of the molecule is CCOc1cccc(C(=O)C(C)CC(=O)O)c1. The van der Waals surface area contributed by atoms with Crippen LogP contribution >= 0.6 is 0 Å². The Hall–Kier alpha value is -1.84. The summed E-state index contributed by atoms with van der Waals surface area (Å²) in [6.45, 7) is 4.01. The lowest BCUT2D eigenvalue weighted by atomic mass is 9.96. The van der Waals surface area contributed by atoms with E-state index in [1.165, 1.54) is 0 Å². The monoisotopic (exact) mass is 236 g/mol. The first kappa shape index (κ1) is 13.2. The maximum Gasteiger partial charge on any atom is 0.304 e. The molecule has 0 aliphatic rings. The van der Waals surface area contributed by atoms with E-state index < -0.39 is 11.9 Å². The normalized spacial score (nSPS) is 11.9. The van der Waals surface area contributed by atoms with E-state index in [0.29, 0.717) is 17.9 Å². The van der Waals surface area contributed by atoms with Gasteiger partial charge in [0.25, 0.3) is 0 Å². The Morgan fingerprint density at radius 2 is 2.12 bits per heavy atom. The van der Waals surface area contributed by atoms with E-state index in [2.05, 4.69) is 0 Å². The molecule has 4 nitrogen and oxygen atoms in total. The van der Waals surface area contributed by atoms with Crippen LogP contribution < -0.4 is 4.74 Å². The van der Waals surface area contributed by atoms with E-state index >= 15 is 0 Å². The number of benzene rings is 1. The van der Waals surface area contributed by atoms with Crippen molar-refractivity contribution in [3.05, 3.63) is 29.8 Å². The van der Waals surface area contributed by atoms with Gasteiger partial charge in [-0.25, -0.2) is 0 Å². The van der Waals surface area contributed by atoms with E-state index in [1.807, 2.05) is 6.92 Å². The number of carbonyl (C=O) groups is 2. The highest BCUT2D eigenvalue weighted by atomic mass is 16.5. The molecule has 0 bridgehead atoms. The number of hydrogen-bond donors (Lipinski definition) is 1. The summed E-state index contributed by atoms with van der Waals surface area (Å²) in [5.74, 6) is -1.04. The first-order chi connectivity index (χ1) is 8.04. The highest BCUT2D eigenvalue weighted by molar-refractivity contribution is 5.99. The molecule has 92 valence electrons. The zero-order chi connectivity index (χ0) is 12.8. The zero-order valence-electron chi connectivity index (χ0n) is 9.97. The fourth-order valence-corrected chi connectivity index (χ4v) is 1.54. The molecule has 0 aliphatic heterocycles. The average Bonchev–Trinajstić information content (AvgIpc) is 2.28. The molecule has 0 spiro atoms. The van der Waals surface area contributed by atoms with E-state index in [-0.39, 0.29) is 12.2 Å². The molecule has 1 aromatic rings. The Bertz CT molecular complexity index is 412. The zero-order valence-corrected chi connectivity index (χ0v) is 9.97. The lowest BCUT2D eigenvalue weighted by Gasteiger charge is -2.09. The molecule has 1 rings (SSSR count). The van der Waals surface area contributed by atoms with E-state index in [4.69, 9.17) is 9.84 Å². The molecule has 0 aliphatic carbocycles. The average molecular weight is 236 g/mol. The van der Waals surface area contributed by atoms with Gasteiger partial charge in [0.05, 0.1) is 13.0 Å². The molecule has 0 radical (unpaired) electrons. The van der Waals surface area contributed by atoms with Crippen molar-refractivity contribution in [2.75, 3.05) is 6.61 Å². The van der Waals surface area contributed by atoms with E-state index in [9.17, 15) is 9.59 Å². The van der Waals surface area contributed by atoms with Gasteiger partial charge >= 0.3 is 5.97 Å². The van der Waals surface area contributed by atoms with Gasteiger partial charge < -0.3 is 9.84 Å². The molecule has 0 fully saturated rings. The van der Waals surface area contributed by atoms with Crippen LogP contribution in [0.5, 0.6) is 5.75 Å². The van der Waals surface area contributed by atoms with E-state index in [0.717, 1.165) is 0 Å². The molecule has 4 heteroatoms. The molecular weight excluding hydrogens is 220 g/mol. The van der Waals surface area contributed by atoms with Gasteiger partial charge in [-0.3, -0.25) is 9.59 Å². The van der Waals surface area contributed by atoms with Crippen LogP contribution in [0.15, 0.2) is 24.3 Å². The van der Waals surface area contributed by atoms with Gasteiger partial charge in [0.15, 0.2) is 5.78 Å². The Balaban J connectivity index is 2.81. The lowest BCUT2D eigenvalue weighted by molar-refractivity contribution is -0.137. The predicted molar refractivity (Wildman–Crippen MR) is 63.4 cm³/mol. The van der Waals surface area contributed by atoms with Crippen LogP contribution in [0.2, 0.25) is 0 Å². The molecule has 17 heavy (non-hydrogen) atoms. The summed E-state index contributed by atoms with van der Waals surface area (Å²) in [5.41, 5.74) is 0.490. The Morgan fingerprint density at radius 1 is 1.41 bits per heavy atom. The number of aliphatic carboxylic acids is 1. The number of carboxylic acids is 1. The minimum absolute atomic E-state index is 0.155. The molecule has 0 aromatic heterocycles. The summed E-state index contributed by atoms with van der Waals surface area (Å²) in [4.78, 5) is 22.5. The summed E-state index contributed by atoms with van der Waals surface area (Å²) in [6.07, 6.45) is -0.155. The maximum atomic E-state index is 11.9. The molecule has 0 heterocycles.